The second-order valence-corrected chi connectivity index (χ2v) is 4.66. The van der Waals surface area contributed by atoms with Crippen LogP contribution in [0.4, 0.5) is 0 Å². The van der Waals surface area contributed by atoms with Gasteiger partial charge in [-0.25, -0.2) is 4.79 Å². The van der Waals surface area contributed by atoms with Crippen LogP contribution in [0.5, 0.6) is 5.75 Å². The van der Waals surface area contributed by atoms with Gasteiger partial charge in [-0.2, -0.15) is 0 Å². The smallest absolute Gasteiger partial charge is 0.327 e. The molecule has 0 spiro atoms. The Morgan fingerprint density at radius 1 is 1.37 bits per heavy atom. The van der Waals surface area contributed by atoms with Gasteiger partial charge in [0.2, 0.25) is 0 Å². The summed E-state index contributed by atoms with van der Waals surface area (Å²) in [6.45, 7) is 6.08. The Morgan fingerprint density at radius 2 is 2.05 bits per heavy atom. The van der Waals surface area contributed by atoms with Crippen molar-refractivity contribution < 1.29 is 14.3 Å². The van der Waals surface area contributed by atoms with Crippen molar-refractivity contribution in [3.63, 3.8) is 0 Å². The van der Waals surface area contributed by atoms with Crippen LogP contribution in [-0.4, -0.2) is 26.2 Å². The summed E-state index contributed by atoms with van der Waals surface area (Å²) in [5.74, 6) is 0.542. The molecule has 0 heterocycles. The Morgan fingerprint density at radius 3 is 2.53 bits per heavy atom. The number of carbonyl (C=O) groups is 1. The first-order chi connectivity index (χ1) is 9.03. The molecule has 0 radical (unpaired) electrons. The summed E-state index contributed by atoms with van der Waals surface area (Å²) in [6.07, 6.45) is 0.947. The molecule has 0 bridgehead atoms. The standard InChI is InChI=1S/C15H23NO3/c1-6-11(3)16-14(15(17)19-5)12-7-8-13(18-4)10(2)9-12/h7-9,11,14,16H,6H2,1-5H3. The van der Waals surface area contributed by atoms with Crippen molar-refractivity contribution in [3.8, 4) is 5.75 Å². The fourth-order valence-electron chi connectivity index (χ4n) is 1.90. The number of esters is 1. The predicted octanol–water partition coefficient (Wildman–Crippen LogP) is 2.61. The van der Waals surface area contributed by atoms with Crippen molar-refractivity contribution in [2.45, 2.75) is 39.3 Å². The highest BCUT2D eigenvalue weighted by Crippen LogP contribution is 2.23. The van der Waals surface area contributed by atoms with Gasteiger partial charge in [0.05, 0.1) is 14.2 Å². The van der Waals surface area contributed by atoms with E-state index in [1.54, 1.807) is 7.11 Å². The highest BCUT2D eigenvalue weighted by atomic mass is 16.5. The summed E-state index contributed by atoms with van der Waals surface area (Å²) in [5.41, 5.74) is 1.89. The Hall–Kier alpha value is -1.55. The lowest BCUT2D eigenvalue weighted by Crippen LogP contribution is -2.35. The van der Waals surface area contributed by atoms with Crippen molar-refractivity contribution >= 4 is 5.97 Å². The maximum atomic E-state index is 11.9. The van der Waals surface area contributed by atoms with Gasteiger partial charge in [-0.15, -0.1) is 0 Å². The average molecular weight is 265 g/mol. The van der Waals surface area contributed by atoms with E-state index in [-0.39, 0.29) is 12.0 Å². The summed E-state index contributed by atoms with van der Waals surface area (Å²) < 4.78 is 10.1. The first-order valence-electron chi connectivity index (χ1n) is 6.51. The first-order valence-corrected chi connectivity index (χ1v) is 6.51. The van der Waals surface area contributed by atoms with Crippen molar-refractivity contribution in [2.24, 2.45) is 0 Å². The Balaban J connectivity index is 3.03. The molecule has 1 aromatic rings. The number of hydrogen-bond donors (Lipinski definition) is 1. The number of carbonyl (C=O) groups excluding carboxylic acids is 1. The monoisotopic (exact) mass is 265 g/mol. The summed E-state index contributed by atoms with van der Waals surface area (Å²) in [5, 5.41) is 3.28. The minimum absolute atomic E-state index is 0.242. The number of methoxy groups -OCH3 is 2. The van der Waals surface area contributed by atoms with Gasteiger partial charge in [0.15, 0.2) is 0 Å². The second kappa shape index (κ2) is 7.14. The molecular formula is C15H23NO3. The molecule has 4 nitrogen and oxygen atoms in total. The van der Waals surface area contributed by atoms with E-state index in [1.807, 2.05) is 32.0 Å². The second-order valence-electron chi connectivity index (χ2n) is 4.66. The zero-order valence-corrected chi connectivity index (χ0v) is 12.3. The van der Waals surface area contributed by atoms with Crippen molar-refractivity contribution in [1.29, 1.82) is 0 Å². The van der Waals surface area contributed by atoms with Gasteiger partial charge in [0.1, 0.15) is 11.8 Å². The maximum absolute atomic E-state index is 11.9. The molecule has 0 saturated heterocycles. The average Bonchev–Trinajstić information content (AvgIpc) is 2.43. The molecule has 1 rings (SSSR count). The van der Waals surface area contributed by atoms with Crippen LogP contribution in [0.25, 0.3) is 0 Å². The lowest BCUT2D eigenvalue weighted by molar-refractivity contribution is -0.143. The highest BCUT2D eigenvalue weighted by Gasteiger charge is 2.23. The molecule has 19 heavy (non-hydrogen) atoms. The molecule has 0 amide bonds. The molecule has 1 N–H and O–H groups in total. The van der Waals surface area contributed by atoms with Crippen LogP contribution in [0.2, 0.25) is 0 Å². The maximum Gasteiger partial charge on any atom is 0.327 e. The third kappa shape index (κ3) is 3.96. The number of rotatable bonds is 6. The van der Waals surface area contributed by atoms with Gasteiger partial charge in [-0.3, -0.25) is 5.32 Å². The molecule has 0 saturated carbocycles. The Bertz CT molecular complexity index is 431. The minimum Gasteiger partial charge on any atom is -0.496 e. The van der Waals surface area contributed by atoms with Crippen molar-refractivity contribution in [2.75, 3.05) is 14.2 Å². The molecular weight excluding hydrogens is 242 g/mol. The lowest BCUT2D eigenvalue weighted by Gasteiger charge is -2.21. The molecule has 106 valence electrons. The zero-order chi connectivity index (χ0) is 14.4. The molecule has 4 heteroatoms. The van der Waals surface area contributed by atoms with E-state index in [2.05, 4.69) is 12.2 Å². The van der Waals surface area contributed by atoms with E-state index in [1.165, 1.54) is 7.11 Å². The van der Waals surface area contributed by atoms with Crippen LogP contribution in [0, 0.1) is 6.92 Å². The number of benzene rings is 1. The summed E-state index contributed by atoms with van der Waals surface area (Å²) >= 11 is 0. The fourth-order valence-corrected chi connectivity index (χ4v) is 1.90. The number of aryl methyl sites for hydroxylation is 1. The van der Waals surface area contributed by atoms with Crippen LogP contribution in [0.15, 0.2) is 18.2 Å². The minimum atomic E-state index is -0.440. The van der Waals surface area contributed by atoms with Gasteiger partial charge < -0.3 is 9.47 Å². The van der Waals surface area contributed by atoms with E-state index in [0.29, 0.717) is 0 Å². The largest absolute Gasteiger partial charge is 0.496 e. The molecule has 2 atom stereocenters. The molecule has 2 unspecified atom stereocenters. The summed E-state index contributed by atoms with van der Waals surface area (Å²) in [4.78, 5) is 11.9. The van der Waals surface area contributed by atoms with Crippen LogP contribution in [-0.2, 0) is 9.53 Å². The van der Waals surface area contributed by atoms with Crippen LogP contribution < -0.4 is 10.1 Å². The highest BCUT2D eigenvalue weighted by molar-refractivity contribution is 5.77. The first kappa shape index (κ1) is 15.5. The number of nitrogens with one attached hydrogen (secondary N) is 1. The Kier molecular flexibility index (Phi) is 5.83. The predicted molar refractivity (Wildman–Crippen MR) is 75.4 cm³/mol. The topological polar surface area (TPSA) is 47.6 Å². The molecule has 0 aliphatic rings. The Labute approximate surface area is 115 Å². The van der Waals surface area contributed by atoms with Crippen LogP contribution in [0.1, 0.15) is 37.4 Å². The summed E-state index contributed by atoms with van der Waals surface area (Å²) in [7, 11) is 3.04. The third-order valence-corrected chi connectivity index (χ3v) is 3.25. The van der Waals surface area contributed by atoms with E-state index < -0.39 is 6.04 Å². The number of hydrogen-bond acceptors (Lipinski definition) is 4. The molecule has 0 aromatic heterocycles. The fraction of sp³-hybridized carbons (Fsp3) is 0.533. The van der Waals surface area contributed by atoms with Crippen molar-refractivity contribution in [3.05, 3.63) is 29.3 Å². The molecule has 1 aromatic carbocycles. The molecule has 0 aliphatic carbocycles. The lowest BCUT2D eigenvalue weighted by atomic mass is 10.0. The third-order valence-electron chi connectivity index (χ3n) is 3.25. The van der Waals surface area contributed by atoms with Gasteiger partial charge in [0.25, 0.3) is 0 Å². The quantitative estimate of drug-likeness (QED) is 0.803. The molecule has 0 aliphatic heterocycles. The normalized spacial score (nSPS) is 13.7. The number of ether oxygens (including phenoxy) is 2. The molecule has 0 fully saturated rings. The SMILES string of the molecule is CCC(C)NC(C(=O)OC)c1ccc(OC)c(C)c1. The van der Waals surface area contributed by atoms with Crippen LogP contribution in [0.3, 0.4) is 0 Å². The van der Waals surface area contributed by atoms with E-state index in [9.17, 15) is 4.79 Å². The van der Waals surface area contributed by atoms with Crippen LogP contribution >= 0.6 is 0 Å². The van der Waals surface area contributed by atoms with Gasteiger partial charge in [-0.05, 0) is 37.5 Å². The summed E-state index contributed by atoms with van der Waals surface area (Å²) in [6, 6.07) is 5.52. The zero-order valence-electron chi connectivity index (χ0n) is 12.3. The van der Waals surface area contributed by atoms with Gasteiger partial charge in [-0.1, -0.05) is 19.1 Å². The van der Waals surface area contributed by atoms with Gasteiger partial charge >= 0.3 is 5.97 Å². The van der Waals surface area contributed by atoms with E-state index >= 15 is 0 Å². The van der Waals surface area contributed by atoms with E-state index in [4.69, 9.17) is 9.47 Å². The van der Waals surface area contributed by atoms with Gasteiger partial charge in [0, 0.05) is 6.04 Å². The van der Waals surface area contributed by atoms with E-state index in [0.717, 1.165) is 23.3 Å². The van der Waals surface area contributed by atoms with Crippen molar-refractivity contribution in [1.82, 2.24) is 5.32 Å².